The van der Waals surface area contributed by atoms with E-state index in [0.29, 0.717) is 19.3 Å². The highest BCUT2D eigenvalue weighted by Gasteiger charge is 2.74. The summed E-state index contributed by atoms with van der Waals surface area (Å²) in [6.45, 7) is 6.92. The second-order valence-corrected chi connectivity index (χ2v) is 12.6. The molecular weight excluding hydrogens is 435 g/mol. The van der Waals surface area contributed by atoms with Gasteiger partial charge in [-0.3, -0.25) is 13.8 Å². The molecule has 4 aliphatic carbocycles. The third-order valence-electron chi connectivity index (χ3n) is 9.79. The molecule has 0 aromatic carbocycles. The largest absolute Gasteiger partial charge is 0.390 e. The molecule has 0 saturated heterocycles. The molecule has 4 rings (SSSR count). The first kappa shape index (κ1) is 23.8. The van der Waals surface area contributed by atoms with Gasteiger partial charge in [-0.2, -0.15) is 8.42 Å². The van der Waals surface area contributed by atoms with Crippen molar-refractivity contribution in [2.24, 2.45) is 34.0 Å². The Bertz CT molecular complexity index is 1030. The lowest BCUT2D eigenvalue weighted by Crippen LogP contribution is -2.67. The number of aliphatic hydroxyl groups is 1. The van der Waals surface area contributed by atoms with E-state index in [4.69, 9.17) is 4.18 Å². The van der Waals surface area contributed by atoms with Gasteiger partial charge in [0, 0.05) is 16.7 Å². The van der Waals surface area contributed by atoms with Crippen LogP contribution in [0, 0.1) is 34.0 Å². The van der Waals surface area contributed by atoms with E-state index < -0.39 is 50.7 Å². The topological polar surface area (TPSA) is 97.7 Å². The lowest BCUT2D eigenvalue weighted by molar-refractivity contribution is -0.205. The number of alkyl halides is 1. The number of carbonyl (C=O) groups is 2. The molecule has 0 aliphatic heterocycles. The van der Waals surface area contributed by atoms with Crippen LogP contribution in [0.5, 0.6) is 0 Å². The molecule has 0 bridgehead atoms. The van der Waals surface area contributed by atoms with Crippen molar-refractivity contribution >= 4 is 21.7 Å². The van der Waals surface area contributed by atoms with Crippen molar-refractivity contribution in [1.29, 1.82) is 0 Å². The van der Waals surface area contributed by atoms with Crippen LogP contribution in [0.25, 0.3) is 0 Å². The van der Waals surface area contributed by atoms with Crippen LogP contribution in [-0.4, -0.2) is 49.7 Å². The van der Waals surface area contributed by atoms with Crippen molar-refractivity contribution in [3.63, 3.8) is 0 Å². The lowest BCUT2D eigenvalue weighted by Gasteiger charge is -2.63. The quantitative estimate of drug-likeness (QED) is 0.637. The Balaban J connectivity index is 1.75. The van der Waals surface area contributed by atoms with Crippen LogP contribution in [0.3, 0.4) is 0 Å². The first-order valence-corrected chi connectivity index (χ1v) is 13.1. The smallest absolute Gasteiger partial charge is 0.264 e. The van der Waals surface area contributed by atoms with Gasteiger partial charge < -0.3 is 5.11 Å². The van der Waals surface area contributed by atoms with Gasteiger partial charge in [0.2, 0.25) is 0 Å². The van der Waals surface area contributed by atoms with E-state index in [0.717, 1.165) is 11.8 Å². The molecule has 2 unspecified atom stereocenters. The van der Waals surface area contributed by atoms with Gasteiger partial charge in [0.1, 0.15) is 6.61 Å². The minimum absolute atomic E-state index is 0.0841. The summed E-state index contributed by atoms with van der Waals surface area (Å²) in [5.41, 5.74) is -3.97. The molecule has 8 atom stereocenters. The van der Waals surface area contributed by atoms with Gasteiger partial charge in [-0.05, 0) is 62.0 Å². The van der Waals surface area contributed by atoms with Crippen LogP contribution in [0.15, 0.2) is 23.8 Å². The van der Waals surface area contributed by atoms with Crippen molar-refractivity contribution in [2.45, 2.75) is 65.2 Å². The second-order valence-electron chi connectivity index (χ2n) is 11.0. The average Bonchev–Trinajstić information content (AvgIpc) is 2.89. The van der Waals surface area contributed by atoms with Crippen LogP contribution in [0.4, 0.5) is 4.39 Å². The van der Waals surface area contributed by atoms with E-state index in [9.17, 15) is 23.1 Å². The molecule has 0 radical (unpaired) electrons. The van der Waals surface area contributed by atoms with E-state index in [1.165, 1.54) is 12.2 Å². The molecule has 3 fully saturated rings. The third-order valence-corrected chi connectivity index (χ3v) is 10.3. The number of hydrogen-bond donors (Lipinski definition) is 1. The molecule has 0 aromatic heterocycles. The number of allylic oxidation sites excluding steroid dienone is 4. The molecule has 0 spiro atoms. The standard InChI is InChI=1S/C24H33FO6S/c1-14-10-18-17-7-6-15-11-16(26)8-9-21(15,2)24(17,25)19(27)12-22(18,3)23(14,4)20(28)13-31-32(5,29)30/h8-9,11,14,17-19,27H,6-7,10,12-13H2,1-5H3/t14?,17-,18-,19?,21-,22-,23+,24-/m0/s1. The van der Waals surface area contributed by atoms with Gasteiger partial charge in [-0.1, -0.05) is 32.4 Å². The summed E-state index contributed by atoms with van der Waals surface area (Å²) in [7, 11) is -3.78. The van der Waals surface area contributed by atoms with Gasteiger partial charge in [0.25, 0.3) is 10.1 Å². The fourth-order valence-electron chi connectivity index (χ4n) is 7.68. The monoisotopic (exact) mass is 468 g/mol. The normalized spacial score (nSPS) is 48.0. The summed E-state index contributed by atoms with van der Waals surface area (Å²) in [5, 5.41) is 11.3. The summed E-state index contributed by atoms with van der Waals surface area (Å²) in [5.74, 6) is -1.26. The van der Waals surface area contributed by atoms with Crippen LogP contribution in [-0.2, 0) is 23.9 Å². The van der Waals surface area contributed by atoms with E-state index in [1.807, 2.05) is 20.8 Å². The fraction of sp³-hybridized carbons (Fsp3) is 0.750. The number of carbonyl (C=O) groups excluding carboxylic acids is 2. The number of Topliss-reactive ketones (excluding diaryl/α,β-unsaturated/α-hetero) is 1. The average molecular weight is 469 g/mol. The summed E-state index contributed by atoms with van der Waals surface area (Å²) in [4.78, 5) is 25.3. The number of aliphatic hydroxyl groups excluding tert-OH is 1. The Morgan fingerprint density at radius 2 is 1.94 bits per heavy atom. The minimum atomic E-state index is -3.78. The first-order chi connectivity index (χ1) is 14.6. The molecule has 0 aromatic rings. The molecule has 32 heavy (non-hydrogen) atoms. The molecule has 3 saturated carbocycles. The van der Waals surface area contributed by atoms with Gasteiger partial charge in [-0.25, -0.2) is 4.39 Å². The maximum atomic E-state index is 17.1. The van der Waals surface area contributed by atoms with E-state index in [2.05, 4.69) is 0 Å². The number of halogens is 1. The summed E-state index contributed by atoms with van der Waals surface area (Å²) in [6.07, 6.45) is 5.85. The first-order valence-electron chi connectivity index (χ1n) is 11.3. The molecule has 6 nitrogen and oxygen atoms in total. The highest BCUT2D eigenvalue weighted by Crippen LogP contribution is 2.72. The molecule has 4 aliphatic rings. The number of ketones is 2. The molecule has 0 amide bonds. The maximum absolute atomic E-state index is 17.1. The Kier molecular flexibility index (Phi) is 5.24. The van der Waals surface area contributed by atoms with E-state index in [-0.39, 0.29) is 29.8 Å². The maximum Gasteiger partial charge on any atom is 0.264 e. The summed E-state index contributed by atoms with van der Waals surface area (Å²) >= 11 is 0. The highest BCUT2D eigenvalue weighted by molar-refractivity contribution is 7.86. The van der Waals surface area contributed by atoms with Crippen LogP contribution >= 0.6 is 0 Å². The number of rotatable bonds is 4. The van der Waals surface area contributed by atoms with Crippen molar-refractivity contribution in [2.75, 3.05) is 12.9 Å². The lowest BCUT2D eigenvalue weighted by atomic mass is 9.43. The van der Waals surface area contributed by atoms with Crippen LogP contribution in [0.2, 0.25) is 0 Å². The Morgan fingerprint density at radius 3 is 2.56 bits per heavy atom. The Morgan fingerprint density at radius 1 is 1.28 bits per heavy atom. The van der Waals surface area contributed by atoms with Gasteiger partial charge in [0.15, 0.2) is 17.2 Å². The fourth-order valence-corrected chi connectivity index (χ4v) is 8.00. The Labute approximate surface area is 189 Å². The summed E-state index contributed by atoms with van der Waals surface area (Å²) in [6, 6.07) is 0. The van der Waals surface area contributed by atoms with Gasteiger partial charge >= 0.3 is 0 Å². The zero-order valence-corrected chi connectivity index (χ0v) is 20.2. The minimum Gasteiger partial charge on any atom is -0.390 e. The van der Waals surface area contributed by atoms with E-state index in [1.54, 1.807) is 13.0 Å². The molecule has 1 N–H and O–H groups in total. The predicted octanol–water partition coefficient (Wildman–Crippen LogP) is 3.15. The molecular formula is C24H33FO6S. The molecule has 8 heteroatoms. The van der Waals surface area contributed by atoms with Crippen molar-refractivity contribution in [3.8, 4) is 0 Å². The summed E-state index contributed by atoms with van der Waals surface area (Å²) < 4.78 is 44.9. The van der Waals surface area contributed by atoms with Crippen molar-refractivity contribution in [1.82, 2.24) is 0 Å². The molecule has 178 valence electrons. The number of fused-ring (bicyclic) bond motifs is 5. The third kappa shape index (κ3) is 2.91. The van der Waals surface area contributed by atoms with Crippen LogP contribution < -0.4 is 0 Å². The predicted molar refractivity (Wildman–Crippen MR) is 117 cm³/mol. The zero-order chi connectivity index (χ0) is 23.9. The SMILES string of the molecule is CC1C[C@H]2[C@@H]3CCC4=CC(=O)C=C[C@]4(C)[C@@]3(F)C(O)C[C@]2(C)[C@@]1(C)C(=O)COS(C)(=O)=O. The molecule has 0 heterocycles. The number of hydrogen-bond acceptors (Lipinski definition) is 6. The van der Waals surface area contributed by atoms with E-state index >= 15 is 4.39 Å². The van der Waals surface area contributed by atoms with Crippen molar-refractivity contribution in [3.05, 3.63) is 23.8 Å². The van der Waals surface area contributed by atoms with Gasteiger partial charge in [0.05, 0.1) is 12.4 Å². The van der Waals surface area contributed by atoms with Gasteiger partial charge in [-0.15, -0.1) is 0 Å². The van der Waals surface area contributed by atoms with Crippen LogP contribution in [0.1, 0.15) is 53.4 Å². The Hall–Kier alpha value is -1.38. The zero-order valence-electron chi connectivity index (χ0n) is 19.4. The van der Waals surface area contributed by atoms with Crippen molar-refractivity contribution < 1.29 is 31.7 Å². The highest BCUT2D eigenvalue weighted by atomic mass is 32.2. The second kappa shape index (κ2) is 7.06.